The van der Waals surface area contributed by atoms with Gasteiger partial charge >= 0.3 is 0 Å². The normalized spacial score (nSPS) is 18.0. The Bertz CT molecular complexity index is 1410. The number of carbonyl (C=O) groups is 4. The lowest BCUT2D eigenvalue weighted by molar-refractivity contribution is -0.132. The standard InChI is InChI=1S/C33H41N5O4S/c34-32(15-7-2-8-16-32)30(41)36-20-19-35-28(39)25(21-23-11-3-1-4-12-23)37-31(42)33(17-9-10-18-33)38-29(40)27-22-24-13-5-6-14-26(24)43-27/h1,3-6,11-14,22,25H,2,7-10,15-21,34H2,(H,35,39)(H,36,41)(H,37,42)(H,38,40)/t25-/m1/s1. The second-order valence-electron chi connectivity index (χ2n) is 11.9. The molecule has 0 unspecified atom stereocenters. The Hall–Kier alpha value is -3.76. The van der Waals surface area contributed by atoms with E-state index in [1.54, 1.807) is 0 Å². The van der Waals surface area contributed by atoms with Gasteiger partial charge in [-0.1, -0.05) is 80.6 Å². The summed E-state index contributed by atoms with van der Waals surface area (Å²) < 4.78 is 1.01. The van der Waals surface area contributed by atoms with Gasteiger partial charge in [-0.05, 0) is 48.8 Å². The van der Waals surface area contributed by atoms with Gasteiger partial charge in [0.1, 0.15) is 11.6 Å². The average molecular weight is 604 g/mol. The minimum absolute atomic E-state index is 0.187. The summed E-state index contributed by atoms with van der Waals surface area (Å²) in [5, 5.41) is 12.7. The van der Waals surface area contributed by atoms with E-state index in [9.17, 15) is 19.2 Å². The Labute approximate surface area is 256 Å². The van der Waals surface area contributed by atoms with E-state index in [1.165, 1.54) is 11.3 Å². The Morgan fingerprint density at radius 1 is 0.791 bits per heavy atom. The summed E-state index contributed by atoms with van der Waals surface area (Å²) in [7, 11) is 0. The van der Waals surface area contributed by atoms with E-state index in [2.05, 4.69) is 21.3 Å². The third-order valence-electron chi connectivity index (χ3n) is 8.71. The molecule has 0 saturated heterocycles. The zero-order chi connectivity index (χ0) is 30.3. The van der Waals surface area contributed by atoms with E-state index < -0.39 is 17.1 Å². The predicted octanol–water partition coefficient (Wildman–Crippen LogP) is 3.57. The summed E-state index contributed by atoms with van der Waals surface area (Å²) in [6.07, 6.45) is 7.19. The highest BCUT2D eigenvalue weighted by atomic mass is 32.1. The number of nitrogens with one attached hydrogen (secondary N) is 4. The van der Waals surface area contributed by atoms with Crippen molar-refractivity contribution in [1.82, 2.24) is 21.3 Å². The molecule has 2 aliphatic rings. The van der Waals surface area contributed by atoms with Crippen LogP contribution in [0, 0.1) is 0 Å². The van der Waals surface area contributed by atoms with Crippen LogP contribution in [-0.4, -0.2) is 53.8 Å². The molecule has 2 saturated carbocycles. The van der Waals surface area contributed by atoms with Gasteiger partial charge in [0.25, 0.3) is 5.91 Å². The number of benzene rings is 2. The molecule has 4 amide bonds. The number of rotatable bonds is 11. The van der Waals surface area contributed by atoms with Crippen molar-refractivity contribution in [3.05, 3.63) is 71.1 Å². The van der Waals surface area contributed by atoms with Crippen LogP contribution in [0.1, 0.15) is 73.0 Å². The minimum Gasteiger partial charge on any atom is -0.353 e. The zero-order valence-corrected chi connectivity index (χ0v) is 25.3. The van der Waals surface area contributed by atoms with Gasteiger partial charge in [-0.3, -0.25) is 19.2 Å². The van der Waals surface area contributed by atoms with Gasteiger partial charge in [0.2, 0.25) is 17.7 Å². The quantitative estimate of drug-likeness (QED) is 0.213. The number of carbonyl (C=O) groups excluding carboxylic acids is 4. The van der Waals surface area contributed by atoms with Crippen LogP contribution in [0.15, 0.2) is 60.7 Å². The zero-order valence-electron chi connectivity index (χ0n) is 24.5. The van der Waals surface area contributed by atoms with E-state index in [4.69, 9.17) is 5.73 Å². The Balaban J connectivity index is 1.23. The maximum Gasteiger partial charge on any atom is 0.262 e. The molecule has 0 radical (unpaired) electrons. The first-order valence-electron chi connectivity index (χ1n) is 15.3. The molecule has 228 valence electrons. The molecule has 0 spiro atoms. The van der Waals surface area contributed by atoms with Gasteiger partial charge < -0.3 is 27.0 Å². The molecule has 10 heteroatoms. The van der Waals surface area contributed by atoms with Gasteiger partial charge in [0.05, 0.1) is 10.4 Å². The smallest absolute Gasteiger partial charge is 0.262 e. The average Bonchev–Trinajstić information content (AvgIpc) is 3.68. The van der Waals surface area contributed by atoms with Crippen molar-refractivity contribution in [3.63, 3.8) is 0 Å². The van der Waals surface area contributed by atoms with Crippen molar-refractivity contribution in [2.75, 3.05) is 13.1 Å². The van der Waals surface area contributed by atoms with Gasteiger partial charge in [-0.25, -0.2) is 0 Å². The molecule has 1 aromatic heterocycles. The number of nitrogens with two attached hydrogens (primary N) is 1. The number of hydrogen-bond acceptors (Lipinski definition) is 6. The van der Waals surface area contributed by atoms with Crippen LogP contribution in [0.5, 0.6) is 0 Å². The van der Waals surface area contributed by atoms with Crippen LogP contribution in [0.25, 0.3) is 10.1 Å². The van der Waals surface area contributed by atoms with E-state index in [0.29, 0.717) is 30.6 Å². The van der Waals surface area contributed by atoms with E-state index in [0.717, 1.165) is 47.8 Å². The summed E-state index contributed by atoms with van der Waals surface area (Å²) in [6.45, 7) is 0.445. The second kappa shape index (κ2) is 13.7. The summed E-state index contributed by atoms with van der Waals surface area (Å²) in [4.78, 5) is 53.8. The van der Waals surface area contributed by atoms with Gasteiger partial charge in [-0.2, -0.15) is 0 Å². The molecular formula is C33H41N5O4S. The van der Waals surface area contributed by atoms with Crippen molar-refractivity contribution in [3.8, 4) is 0 Å². The number of thiophene rings is 1. The molecule has 5 rings (SSSR count). The molecule has 2 aromatic carbocycles. The van der Waals surface area contributed by atoms with Crippen LogP contribution in [-0.2, 0) is 20.8 Å². The fourth-order valence-corrected chi connectivity index (χ4v) is 7.14. The second-order valence-corrected chi connectivity index (χ2v) is 13.0. The molecule has 0 aliphatic heterocycles. The molecule has 1 atom stereocenters. The van der Waals surface area contributed by atoms with E-state index in [1.807, 2.05) is 60.7 Å². The fraction of sp³-hybridized carbons (Fsp3) is 0.455. The third kappa shape index (κ3) is 7.43. The first-order valence-corrected chi connectivity index (χ1v) is 16.1. The highest BCUT2D eigenvalue weighted by Crippen LogP contribution is 2.32. The van der Waals surface area contributed by atoms with Gasteiger partial charge in [0.15, 0.2) is 0 Å². The number of fused-ring (bicyclic) bond motifs is 1. The van der Waals surface area contributed by atoms with Crippen molar-refractivity contribution in [1.29, 1.82) is 0 Å². The molecule has 43 heavy (non-hydrogen) atoms. The summed E-state index contributed by atoms with van der Waals surface area (Å²) >= 11 is 1.40. The Morgan fingerprint density at radius 3 is 2.16 bits per heavy atom. The van der Waals surface area contributed by atoms with Crippen LogP contribution in [0.2, 0.25) is 0 Å². The Kier molecular flexibility index (Phi) is 9.77. The van der Waals surface area contributed by atoms with Gasteiger partial charge in [0, 0.05) is 24.2 Å². The van der Waals surface area contributed by atoms with Crippen molar-refractivity contribution >= 4 is 45.1 Å². The minimum atomic E-state index is -1.09. The molecule has 3 aromatic rings. The summed E-state index contributed by atoms with van der Waals surface area (Å²) in [6, 6.07) is 18.3. The van der Waals surface area contributed by atoms with Crippen molar-refractivity contribution in [2.45, 2.75) is 81.3 Å². The number of hydrogen-bond donors (Lipinski definition) is 5. The first-order chi connectivity index (χ1) is 20.8. The maximum atomic E-state index is 13.9. The SMILES string of the molecule is NC1(C(=O)NCCNC(=O)[C@@H](Cc2ccccc2)NC(=O)C2(NC(=O)c3cc4ccccc4s3)CCCC2)CCCCC1. The first kappa shape index (κ1) is 30.7. The summed E-state index contributed by atoms with van der Waals surface area (Å²) in [5.74, 6) is -1.18. The highest BCUT2D eigenvalue weighted by Gasteiger charge is 2.44. The lowest BCUT2D eigenvalue weighted by Gasteiger charge is -2.32. The van der Waals surface area contributed by atoms with Gasteiger partial charge in [-0.15, -0.1) is 11.3 Å². The lowest BCUT2D eigenvalue weighted by Crippen LogP contribution is -2.61. The largest absolute Gasteiger partial charge is 0.353 e. The van der Waals surface area contributed by atoms with Crippen LogP contribution >= 0.6 is 11.3 Å². The van der Waals surface area contributed by atoms with Crippen molar-refractivity contribution in [2.24, 2.45) is 5.73 Å². The van der Waals surface area contributed by atoms with E-state index in [-0.39, 0.29) is 43.1 Å². The molecule has 1 heterocycles. The molecule has 6 N–H and O–H groups in total. The highest BCUT2D eigenvalue weighted by molar-refractivity contribution is 7.20. The molecular weight excluding hydrogens is 562 g/mol. The van der Waals surface area contributed by atoms with E-state index >= 15 is 0 Å². The molecule has 0 bridgehead atoms. The molecule has 9 nitrogen and oxygen atoms in total. The van der Waals surface area contributed by atoms with Crippen LogP contribution in [0.4, 0.5) is 0 Å². The summed E-state index contributed by atoms with van der Waals surface area (Å²) in [5.41, 5.74) is 5.28. The number of amides is 4. The third-order valence-corrected chi connectivity index (χ3v) is 9.82. The Morgan fingerprint density at radius 2 is 1.44 bits per heavy atom. The van der Waals surface area contributed by atoms with Crippen molar-refractivity contribution < 1.29 is 19.2 Å². The molecule has 2 aliphatic carbocycles. The lowest BCUT2D eigenvalue weighted by atomic mass is 9.82. The topological polar surface area (TPSA) is 142 Å². The van der Waals surface area contributed by atoms with Crippen LogP contribution < -0.4 is 27.0 Å². The monoisotopic (exact) mass is 603 g/mol. The predicted molar refractivity (Wildman–Crippen MR) is 169 cm³/mol. The fourth-order valence-electron chi connectivity index (χ4n) is 6.19. The molecule has 2 fully saturated rings. The van der Waals surface area contributed by atoms with Crippen LogP contribution in [0.3, 0.4) is 0 Å². The maximum absolute atomic E-state index is 13.9.